The lowest BCUT2D eigenvalue weighted by Crippen LogP contribution is -2.35. The van der Waals surface area contributed by atoms with Crippen molar-refractivity contribution in [3.63, 3.8) is 0 Å². The van der Waals surface area contributed by atoms with E-state index in [4.69, 9.17) is 16.6 Å². The summed E-state index contributed by atoms with van der Waals surface area (Å²) in [5.74, 6) is 0.819. The van der Waals surface area contributed by atoms with Crippen LogP contribution in [0.5, 0.6) is 0 Å². The predicted octanol–water partition coefficient (Wildman–Crippen LogP) is 5.72. The highest BCUT2D eigenvalue weighted by Crippen LogP contribution is 2.31. The second-order valence-corrected chi connectivity index (χ2v) is 9.27. The number of nitrogens with one attached hydrogen (secondary N) is 1. The average Bonchev–Trinajstić information content (AvgIpc) is 3.23. The minimum Gasteiger partial charge on any atom is -0.344 e. The largest absolute Gasteiger partial charge is 0.344 e. The van der Waals surface area contributed by atoms with Gasteiger partial charge in [0.1, 0.15) is 5.82 Å². The molecule has 1 aliphatic rings. The number of carbonyl (C=O) groups excluding carboxylic acids is 1. The third-order valence-corrected chi connectivity index (χ3v) is 5.83. The topological polar surface area (TPSA) is 61.9 Å². The number of nitrogens with zero attached hydrogens (tertiary/aromatic N) is 3. The quantitative estimate of drug-likeness (QED) is 0.587. The number of piperidine rings is 1. The van der Waals surface area contributed by atoms with E-state index in [1.165, 1.54) is 6.42 Å². The van der Waals surface area contributed by atoms with E-state index in [1.54, 1.807) is 6.07 Å². The maximum Gasteiger partial charge on any atom is 0.253 e. The van der Waals surface area contributed by atoms with Gasteiger partial charge < -0.3 is 9.88 Å². The van der Waals surface area contributed by atoms with Gasteiger partial charge in [0.2, 0.25) is 0 Å². The molecule has 30 heavy (non-hydrogen) atoms. The highest BCUT2D eigenvalue weighted by atomic mass is 35.5. The van der Waals surface area contributed by atoms with Gasteiger partial charge in [0, 0.05) is 53.3 Å². The fraction of sp³-hybridized carbons (Fsp3) is 0.375. The van der Waals surface area contributed by atoms with Crippen molar-refractivity contribution in [2.75, 3.05) is 13.1 Å². The number of amides is 1. The normalized spacial score (nSPS) is 14.7. The predicted molar refractivity (Wildman–Crippen MR) is 121 cm³/mol. The summed E-state index contributed by atoms with van der Waals surface area (Å²) in [4.78, 5) is 27.1. The molecule has 6 heteroatoms. The maximum absolute atomic E-state index is 12.7. The number of imidazole rings is 1. The molecule has 1 fully saturated rings. The van der Waals surface area contributed by atoms with Crippen molar-refractivity contribution in [3.05, 3.63) is 59.0 Å². The molecular weight excluding hydrogens is 396 g/mol. The third kappa shape index (κ3) is 4.26. The summed E-state index contributed by atoms with van der Waals surface area (Å²) in [5.41, 5.74) is 4.14. The number of benzene rings is 1. The van der Waals surface area contributed by atoms with Crippen molar-refractivity contribution in [2.24, 2.45) is 0 Å². The van der Waals surface area contributed by atoms with Gasteiger partial charge >= 0.3 is 0 Å². The first-order chi connectivity index (χ1) is 14.3. The molecule has 1 amide bonds. The summed E-state index contributed by atoms with van der Waals surface area (Å²) < 4.78 is 0. The smallest absolute Gasteiger partial charge is 0.253 e. The van der Waals surface area contributed by atoms with E-state index < -0.39 is 0 Å². The van der Waals surface area contributed by atoms with Crippen molar-refractivity contribution in [1.82, 2.24) is 19.9 Å². The van der Waals surface area contributed by atoms with Crippen molar-refractivity contribution in [1.29, 1.82) is 0 Å². The third-order valence-electron chi connectivity index (χ3n) is 5.51. The average molecular weight is 423 g/mol. The second-order valence-electron chi connectivity index (χ2n) is 8.86. The summed E-state index contributed by atoms with van der Waals surface area (Å²) >= 11 is 6.55. The van der Waals surface area contributed by atoms with Crippen LogP contribution in [0, 0.1) is 0 Å². The second kappa shape index (κ2) is 8.23. The van der Waals surface area contributed by atoms with Crippen molar-refractivity contribution in [2.45, 2.75) is 45.4 Å². The monoisotopic (exact) mass is 422 g/mol. The molecule has 1 saturated heterocycles. The minimum absolute atomic E-state index is 0.0362. The Morgan fingerprint density at radius 2 is 1.87 bits per heavy atom. The van der Waals surface area contributed by atoms with E-state index in [1.807, 2.05) is 35.5 Å². The molecule has 3 aromatic rings. The van der Waals surface area contributed by atoms with Gasteiger partial charge in [-0.05, 0) is 43.5 Å². The molecule has 4 rings (SSSR count). The lowest BCUT2D eigenvalue weighted by Gasteiger charge is -2.26. The Morgan fingerprint density at radius 3 is 2.57 bits per heavy atom. The molecule has 156 valence electrons. The van der Waals surface area contributed by atoms with Gasteiger partial charge in [0.05, 0.1) is 10.7 Å². The Kier molecular flexibility index (Phi) is 5.65. The molecule has 5 nitrogen and oxygen atoms in total. The van der Waals surface area contributed by atoms with E-state index in [9.17, 15) is 4.79 Å². The number of carbonyl (C=O) groups is 1. The first-order valence-corrected chi connectivity index (χ1v) is 10.8. The van der Waals surface area contributed by atoms with Crippen LogP contribution in [0.15, 0.2) is 42.7 Å². The van der Waals surface area contributed by atoms with Gasteiger partial charge in [0.25, 0.3) is 5.91 Å². The molecule has 0 bridgehead atoms. The van der Waals surface area contributed by atoms with Crippen LogP contribution in [0.1, 0.15) is 56.1 Å². The number of likely N-dealkylation sites (tertiary alicyclic amines) is 1. The van der Waals surface area contributed by atoms with E-state index >= 15 is 0 Å². The first-order valence-electron chi connectivity index (χ1n) is 10.4. The summed E-state index contributed by atoms with van der Waals surface area (Å²) in [5, 5.41) is 0.529. The molecule has 3 heterocycles. The summed E-state index contributed by atoms with van der Waals surface area (Å²) in [7, 11) is 0. The fourth-order valence-corrected chi connectivity index (χ4v) is 4.01. The van der Waals surface area contributed by atoms with Crippen LogP contribution in [0.2, 0.25) is 5.02 Å². The van der Waals surface area contributed by atoms with Gasteiger partial charge in [-0.1, -0.05) is 38.4 Å². The van der Waals surface area contributed by atoms with Gasteiger partial charge in [-0.25, -0.2) is 4.98 Å². The zero-order chi connectivity index (χ0) is 21.3. The molecular formula is C24H27ClN4O. The van der Waals surface area contributed by atoms with Crippen LogP contribution in [0.25, 0.3) is 22.6 Å². The Balaban J connectivity index is 1.58. The molecule has 0 aliphatic carbocycles. The number of hydrogen-bond acceptors (Lipinski definition) is 3. The molecule has 0 saturated carbocycles. The Hall–Kier alpha value is -2.66. The molecule has 1 aromatic carbocycles. The van der Waals surface area contributed by atoms with Gasteiger partial charge in [-0.15, -0.1) is 0 Å². The number of aromatic nitrogens is 3. The van der Waals surface area contributed by atoms with Gasteiger partial charge in [-0.3, -0.25) is 9.78 Å². The van der Waals surface area contributed by atoms with Crippen LogP contribution in [0.3, 0.4) is 0 Å². The number of H-pyrrole nitrogens is 1. The first kappa shape index (κ1) is 20.6. The van der Waals surface area contributed by atoms with E-state index in [-0.39, 0.29) is 11.3 Å². The number of pyridine rings is 1. The molecule has 0 atom stereocenters. The zero-order valence-corrected chi connectivity index (χ0v) is 18.5. The molecule has 0 unspecified atom stereocenters. The SMILES string of the molecule is CC(C)(C)c1cc(-c2nc(-c3ccc(C(=O)N4CCCCC4)cc3Cl)c[nH]2)ccn1. The molecule has 0 radical (unpaired) electrons. The fourth-order valence-electron chi connectivity index (χ4n) is 3.73. The lowest BCUT2D eigenvalue weighted by molar-refractivity contribution is 0.0724. The van der Waals surface area contributed by atoms with E-state index in [0.29, 0.717) is 10.6 Å². The van der Waals surface area contributed by atoms with Crippen LogP contribution >= 0.6 is 11.6 Å². The summed E-state index contributed by atoms with van der Waals surface area (Å²) in [6.07, 6.45) is 6.99. The summed E-state index contributed by atoms with van der Waals surface area (Å²) in [6.45, 7) is 8.06. The van der Waals surface area contributed by atoms with Gasteiger partial charge in [0.15, 0.2) is 0 Å². The zero-order valence-electron chi connectivity index (χ0n) is 17.7. The Bertz CT molecular complexity index is 1060. The highest BCUT2D eigenvalue weighted by Gasteiger charge is 2.20. The standard InChI is InChI=1S/C24H27ClN4O/c1-24(2,3)21-14-16(9-10-26-21)22-27-15-20(28-22)18-8-7-17(13-19(18)25)23(30)29-11-5-4-6-12-29/h7-10,13-15H,4-6,11-12H2,1-3H3,(H,27,28). The molecule has 2 aromatic heterocycles. The Labute approximate surface area is 182 Å². The van der Waals surface area contributed by atoms with Crippen molar-refractivity contribution >= 4 is 17.5 Å². The maximum atomic E-state index is 12.7. The Morgan fingerprint density at radius 1 is 1.10 bits per heavy atom. The molecule has 1 aliphatic heterocycles. The van der Waals surface area contributed by atoms with Crippen molar-refractivity contribution < 1.29 is 4.79 Å². The van der Waals surface area contributed by atoms with Crippen LogP contribution in [0.4, 0.5) is 0 Å². The minimum atomic E-state index is -0.0362. The number of rotatable bonds is 3. The molecule has 1 N–H and O–H groups in total. The van der Waals surface area contributed by atoms with E-state index in [0.717, 1.165) is 54.3 Å². The van der Waals surface area contributed by atoms with Crippen LogP contribution < -0.4 is 0 Å². The summed E-state index contributed by atoms with van der Waals surface area (Å²) in [6, 6.07) is 9.49. The number of hydrogen-bond donors (Lipinski definition) is 1. The van der Waals surface area contributed by atoms with Crippen LogP contribution in [-0.4, -0.2) is 38.8 Å². The highest BCUT2D eigenvalue weighted by molar-refractivity contribution is 6.33. The van der Waals surface area contributed by atoms with Crippen LogP contribution in [-0.2, 0) is 5.41 Å². The molecule has 0 spiro atoms. The van der Waals surface area contributed by atoms with Gasteiger partial charge in [-0.2, -0.15) is 0 Å². The van der Waals surface area contributed by atoms with E-state index in [2.05, 4.69) is 36.8 Å². The number of halogens is 1. The lowest BCUT2D eigenvalue weighted by atomic mass is 9.91. The van der Waals surface area contributed by atoms with Crippen molar-refractivity contribution in [3.8, 4) is 22.6 Å². The number of aromatic amines is 1.